The molecule has 0 bridgehead atoms. The van der Waals surface area contributed by atoms with Crippen LogP contribution in [-0.4, -0.2) is 17.5 Å². The minimum Gasteiger partial charge on any atom is -0.373 e. The van der Waals surface area contributed by atoms with Gasteiger partial charge in [-0.1, -0.05) is 6.08 Å². The molecule has 0 heterocycles. The average molecular weight is 141 g/mol. The maximum atomic E-state index is 2.38. The molecule has 0 aromatic carbocycles. The van der Waals surface area contributed by atoms with Crippen LogP contribution in [0.15, 0.2) is 11.8 Å². The van der Waals surface area contributed by atoms with Crippen molar-refractivity contribution in [3.05, 3.63) is 11.8 Å². The molecule has 0 aliphatic rings. The molecule has 0 aliphatic carbocycles. The molecule has 0 N–H and O–H groups in total. The van der Waals surface area contributed by atoms with Crippen LogP contribution in [0.2, 0.25) is 0 Å². The molecule has 0 aliphatic heterocycles. The summed E-state index contributed by atoms with van der Waals surface area (Å²) in [6, 6.07) is 0.626. The molecule has 0 fully saturated rings. The van der Waals surface area contributed by atoms with Gasteiger partial charge in [0.05, 0.1) is 0 Å². The van der Waals surface area contributed by atoms with E-state index in [9.17, 15) is 0 Å². The Morgan fingerprint density at radius 3 is 2.10 bits per heavy atom. The first-order valence-electron chi connectivity index (χ1n) is 4.03. The van der Waals surface area contributed by atoms with Gasteiger partial charge in [-0.3, -0.25) is 0 Å². The van der Waals surface area contributed by atoms with Crippen molar-refractivity contribution in [1.82, 2.24) is 4.90 Å². The lowest BCUT2D eigenvalue weighted by Crippen LogP contribution is -2.28. The third-order valence-corrected chi connectivity index (χ3v) is 1.83. The van der Waals surface area contributed by atoms with Crippen LogP contribution in [0.1, 0.15) is 34.6 Å². The number of hydrogen-bond acceptors (Lipinski definition) is 1. The van der Waals surface area contributed by atoms with Gasteiger partial charge >= 0.3 is 0 Å². The third kappa shape index (κ3) is 2.42. The van der Waals surface area contributed by atoms with Crippen LogP contribution in [0.5, 0.6) is 0 Å². The van der Waals surface area contributed by atoms with Crippen molar-refractivity contribution in [3.8, 4) is 0 Å². The summed E-state index contributed by atoms with van der Waals surface area (Å²) in [6.45, 7) is 12.0. The second kappa shape index (κ2) is 4.37. The summed E-state index contributed by atoms with van der Waals surface area (Å²) in [5.41, 5.74) is 1.37. The van der Waals surface area contributed by atoms with Crippen molar-refractivity contribution in [2.24, 2.45) is 0 Å². The maximum Gasteiger partial charge on any atom is 0.0230 e. The zero-order valence-electron chi connectivity index (χ0n) is 7.81. The van der Waals surface area contributed by atoms with Crippen LogP contribution < -0.4 is 0 Å². The largest absolute Gasteiger partial charge is 0.373 e. The zero-order chi connectivity index (χ0) is 8.15. The monoisotopic (exact) mass is 141 g/mol. The summed E-state index contributed by atoms with van der Waals surface area (Å²) in [5.74, 6) is 0. The van der Waals surface area contributed by atoms with E-state index in [2.05, 4.69) is 45.6 Å². The summed E-state index contributed by atoms with van der Waals surface area (Å²) >= 11 is 0. The highest BCUT2D eigenvalue weighted by atomic mass is 15.1. The Morgan fingerprint density at radius 2 is 2.00 bits per heavy atom. The fourth-order valence-corrected chi connectivity index (χ4v) is 1.19. The number of nitrogens with zero attached hydrogens (tertiary/aromatic N) is 1. The van der Waals surface area contributed by atoms with Crippen molar-refractivity contribution in [2.45, 2.75) is 40.7 Å². The van der Waals surface area contributed by atoms with Gasteiger partial charge in [-0.05, 0) is 34.6 Å². The SMILES string of the molecule is CC=C(C)N(CC)C(C)C. The number of allylic oxidation sites excluding steroid dienone is 2. The lowest BCUT2D eigenvalue weighted by molar-refractivity contribution is 0.298. The van der Waals surface area contributed by atoms with Gasteiger partial charge < -0.3 is 4.90 Å². The zero-order valence-corrected chi connectivity index (χ0v) is 7.81. The molecule has 1 nitrogen and oxygen atoms in total. The van der Waals surface area contributed by atoms with Crippen molar-refractivity contribution in [2.75, 3.05) is 6.54 Å². The Kier molecular flexibility index (Phi) is 4.17. The molecule has 0 saturated heterocycles. The smallest absolute Gasteiger partial charge is 0.0230 e. The molecule has 0 spiro atoms. The summed E-state index contributed by atoms with van der Waals surface area (Å²) < 4.78 is 0. The van der Waals surface area contributed by atoms with Gasteiger partial charge in [-0.15, -0.1) is 0 Å². The first-order chi connectivity index (χ1) is 4.63. The molecule has 10 heavy (non-hydrogen) atoms. The second-order valence-electron chi connectivity index (χ2n) is 2.81. The van der Waals surface area contributed by atoms with Crippen LogP contribution in [-0.2, 0) is 0 Å². The molecule has 0 saturated carbocycles. The van der Waals surface area contributed by atoms with E-state index in [1.807, 2.05) is 0 Å². The lowest BCUT2D eigenvalue weighted by Gasteiger charge is -2.27. The summed E-state index contributed by atoms with van der Waals surface area (Å²) in [6.07, 6.45) is 2.16. The minimum absolute atomic E-state index is 0.626. The highest BCUT2D eigenvalue weighted by Crippen LogP contribution is 2.06. The molecular formula is C9H19N. The quantitative estimate of drug-likeness (QED) is 0.584. The van der Waals surface area contributed by atoms with Gasteiger partial charge in [0, 0.05) is 18.3 Å². The molecule has 0 amide bonds. The molecule has 0 aromatic heterocycles. The maximum absolute atomic E-state index is 2.38. The van der Waals surface area contributed by atoms with E-state index in [0.29, 0.717) is 6.04 Å². The van der Waals surface area contributed by atoms with E-state index in [4.69, 9.17) is 0 Å². The van der Waals surface area contributed by atoms with Crippen molar-refractivity contribution in [3.63, 3.8) is 0 Å². The number of rotatable bonds is 3. The van der Waals surface area contributed by atoms with Gasteiger partial charge in [0.2, 0.25) is 0 Å². The molecule has 0 unspecified atom stereocenters. The van der Waals surface area contributed by atoms with Gasteiger partial charge in [0.1, 0.15) is 0 Å². The Morgan fingerprint density at radius 1 is 1.50 bits per heavy atom. The normalized spacial score (nSPS) is 12.4. The fraction of sp³-hybridized carbons (Fsp3) is 0.778. The highest BCUT2D eigenvalue weighted by molar-refractivity contribution is 4.95. The van der Waals surface area contributed by atoms with E-state index < -0.39 is 0 Å². The first-order valence-corrected chi connectivity index (χ1v) is 4.03. The minimum atomic E-state index is 0.626. The molecule has 0 radical (unpaired) electrons. The van der Waals surface area contributed by atoms with Gasteiger partial charge in [-0.2, -0.15) is 0 Å². The van der Waals surface area contributed by atoms with Gasteiger partial charge in [-0.25, -0.2) is 0 Å². The van der Waals surface area contributed by atoms with Crippen molar-refractivity contribution >= 4 is 0 Å². The first kappa shape index (κ1) is 9.54. The fourth-order valence-electron chi connectivity index (χ4n) is 1.19. The standard InChI is InChI=1S/C9H19N/c1-6-9(5)10(7-2)8(3)4/h6,8H,7H2,1-5H3. The van der Waals surface area contributed by atoms with Crippen LogP contribution in [0, 0.1) is 0 Å². The summed E-state index contributed by atoms with van der Waals surface area (Å²) in [4.78, 5) is 2.38. The van der Waals surface area contributed by atoms with Crippen molar-refractivity contribution < 1.29 is 0 Å². The van der Waals surface area contributed by atoms with Gasteiger partial charge in [0.25, 0.3) is 0 Å². The van der Waals surface area contributed by atoms with Crippen LogP contribution in [0.3, 0.4) is 0 Å². The predicted molar refractivity (Wildman–Crippen MR) is 46.9 cm³/mol. The lowest BCUT2D eigenvalue weighted by atomic mass is 10.3. The third-order valence-electron chi connectivity index (χ3n) is 1.83. The second-order valence-corrected chi connectivity index (χ2v) is 2.81. The average Bonchev–Trinajstić information content (AvgIpc) is 1.88. The molecule has 0 atom stereocenters. The summed E-state index contributed by atoms with van der Waals surface area (Å²) in [7, 11) is 0. The van der Waals surface area contributed by atoms with Gasteiger partial charge in [0.15, 0.2) is 0 Å². The molecule has 1 heteroatoms. The van der Waals surface area contributed by atoms with E-state index in [0.717, 1.165) is 6.54 Å². The Balaban J connectivity index is 4.07. The van der Waals surface area contributed by atoms with Crippen LogP contribution in [0.4, 0.5) is 0 Å². The Labute approximate surface area is 64.7 Å². The van der Waals surface area contributed by atoms with Crippen LogP contribution in [0.25, 0.3) is 0 Å². The molecule has 0 aromatic rings. The van der Waals surface area contributed by atoms with E-state index >= 15 is 0 Å². The highest BCUT2D eigenvalue weighted by Gasteiger charge is 2.04. The Bertz CT molecular complexity index is 114. The number of hydrogen-bond donors (Lipinski definition) is 0. The van der Waals surface area contributed by atoms with E-state index in [-0.39, 0.29) is 0 Å². The van der Waals surface area contributed by atoms with E-state index in [1.165, 1.54) is 5.70 Å². The summed E-state index contributed by atoms with van der Waals surface area (Å²) in [5, 5.41) is 0. The van der Waals surface area contributed by atoms with Crippen LogP contribution >= 0.6 is 0 Å². The Hall–Kier alpha value is -0.460. The molecule has 0 rings (SSSR count). The molecular weight excluding hydrogens is 122 g/mol. The topological polar surface area (TPSA) is 3.24 Å². The molecule has 60 valence electrons. The van der Waals surface area contributed by atoms with Crippen molar-refractivity contribution in [1.29, 1.82) is 0 Å². The predicted octanol–water partition coefficient (Wildman–Crippen LogP) is 2.64. The van der Waals surface area contributed by atoms with E-state index in [1.54, 1.807) is 0 Å².